The zero-order chi connectivity index (χ0) is 55.3. The van der Waals surface area contributed by atoms with Gasteiger partial charge in [-0.05, 0) is 116 Å². The van der Waals surface area contributed by atoms with Gasteiger partial charge in [0, 0.05) is 103 Å². The Labute approximate surface area is 444 Å². The van der Waals surface area contributed by atoms with Gasteiger partial charge in [0.2, 0.25) is 0 Å². The number of nitrogens with zero attached hydrogens (tertiary/aromatic N) is 10. The quantitative estimate of drug-likeness (QED) is 0.126. The minimum absolute atomic E-state index is 0.000198. The molecule has 2 amide bonds. The Kier molecular flexibility index (Phi) is 18.7. The lowest BCUT2D eigenvalue weighted by Crippen LogP contribution is -2.62. The number of ether oxygens (including phenoxy) is 2. The molecule has 2 aromatic heterocycles. The molecule has 0 aliphatic carbocycles. The summed E-state index contributed by atoms with van der Waals surface area (Å²) in [4.78, 5) is 56.8. The zero-order valence-corrected chi connectivity index (χ0v) is 45.8. The molecule has 4 saturated heterocycles. The summed E-state index contributed by atoms with van der Waals surface area (Å²) >= 11 is 0. The number of carbonyl (C=O) groups is 2. The molecule has 0 N–H and O–H groups in total. The van der Waals surface area contributed by atoms with Crippen LogP contribution in [0.1, 0.15) is 131 Å². The van der Waals surface area contributed by atoms with Crippen LogP contribution < -0.4 is 0 Å². The number of aryl methyl sites for hydroxylation is 4. The van der Waals surface area contributed by atoms with Crippen molar-refractivity contribution in [2.75, 3.05) is 92.9 Å². The van der Waals surface area contributed by atoms with E-state index < -0.39 is 23.5 Å². The molecule has 0 radical (unpaired) electrons. The Bertz CT molecular complexity index is 2370. The third kappa shape index (κ3) is 13.2. The van der Waals surface area contributed by atoms with E-state index in [1.54, 1.807) is 38.5 Å². The van der Waals surface area contributed by atoms with Crippen LogP contribution in [0, 0.1) is 27.7 Å². The van der Waals surface area contributed by atoms with Gasteiger partial charge in [-0.2, -0.15) is 26.3 Å². The lowest BCUT2D eigenvalue weighted by molar-refractivity contribution is -0.138. The number of rotatable bonds is 12. The number of aromatic nitrogens is 4. The minimum Gasteiger partial charge on any atom is -0.383 e. The Morgan fingerprint density at radius 1 is 0.539 bits per heavy atom. The lowest BCUT2D eigenvalue weighted by atomic mass is 9.86. The van der Waals surface area contributed by atoms with E-state index in [1.165, 1.54) is 12.7 Å². The van der Waals surface area contributed by atoms with Crippen LogP contribution in [0.2, 0.25) is 0 Å². The van der Waals surface area contributed by atoms with E-state index in [-0.39, 0.29) is 47.1 Å². The molecule has 20 heteroatoms. The van der Waals surface area contributed by atoms with Crippen molar-refractivity contribution >= 4 is 11.8 Å². The van der Waals surface area contributed by atoms with Crippen LogP contribution >= 0.6 is 0 Å². The molecule has 14 nitrogen and oxygen atoms in total. The second-order valence-corrected chi connectivity index (χ2v) is 21.7. The highest BCUT2D eigenvalue weighted by molar-refractivity contribution is 5.96. The van der Waals surface area contributed by atoms with Crippen molar-refractivity contribution in [3.05, 3.63) is 117 Å². The van der Waals surface area contributed by atoms with E-state index >= 15 is 0 Å². The largest absolute Gasteiger partial charge is 0.416 e. The Morgan fingerprint density at radius 3 is 1.11 bits per heavy atom. The van der Waals surface area contributed by atoms with E-state index in [4.69, 9.17) is 9.47 Å². The van der Waals surface area contributed by atoms with E-state index in [0.717, 1.165) is 100 Å². The summed E-state index contributed by atoms with van der Waals surface area (Å²) in [7, 11) is 3.25. The third-order valence-electron chi connectivity index (χ3n) is 16.7. The maximum Gasteiger partial charge on any atom is 0.416 e. The number of piperidine rings is 2. The summed E-state index contributed by atoms with van der Waals surface area (Å²) in [5.74, 6) is -0.000396. The molecule has 4 aliphatic heterocycles. The number of likely N-dealkylation sites (tertiary alicyclic amines) is 2. The summed E-state index contributed by atoms with van der Waals surface area (Å²) in [6.45, 7) is 24.8. The zero-order valence-electron chi connectivity index (χ0n) is 45.8. The van der Waals surface area contributed by atoms with Gasteiger partial charge in [0.25, 0.3) is 11.8 Å². The molecule has 4 aliphatic rings. The summed E-state index contributed by atoms with van der Waals surface area (Å²) in [5, 5.41) is 0. The number of halogens is 6. The summed E-state index contributed by atoms with van der Waals surface area (Å²) in [6.07, 6.45) is -2.23. The number of hydrogen-bond acceptors (Lipinski definition) is 12. The topological polar surface area (TPSA) is 124 Å². The minimum atomic E-state index is -4.35. The van der Waals surface area contributed by atoms with Crippen molar-refractivity contribution in [3.63, 3.8) is 0 Å². The molecule has 0 bridgehead atoms. The first-order chi connectivity index (χ1) is 35.9. The molecule has 0 spiro atoms. The van der Waals surface area contributed by atoms with Crippen LogP contribution in [0.3, 0.4) is 0 Å². The number of carbonyl (C=O) groups excluding carboxylic acids is 2. The fourth-order valence-electron chi connectivity index (χ4n) is 11.9. The monoisotopic (exact) mass is 1070 g/mol. The number of amides is 2. The first-order valence-electron chi connectivity index (χ1n) is 26.4. The molecule has 8 rings (SSSR count). The molecular formula is C56H76F6N10O4. The highest BCUT2D eigenvalue weighted by Gasteiger charge is 2.44. The lowest BCUT2D eigenvalue weighted by Gasteiger charge is -2.52. The average Bonchev–Trinajstić information content (AvgIpc) is 3.37. The predicted octanol–water partition coefficient (Wildman–Crippen LogP) is 9.00. The molecule has 2 aromatic carbocycles. The Morgan fingerprint density at radius 2 is 0.842 bits per heavy atom. The Balaban J connectivity index is 0.000000221. The number of piperazine rings is 2. The van der Waals surface area contributed by atoms with Crippen LogP contribution in [0.5, 0.6) is 0 Å². The molecule has 4 atom stereocenters. The second-order valence-electron chi connectivity index (χ2n) is 21.7. The van der Waals surface area contributed by atoms with Gasteiger partial charge < -0.3 is 19.3 Å². The highest BCUT2D eigenvalue weighted by Crippen LogP contribution is 2.38. The fourth-order valence-corrected chi connectivity index (χ4v) is 11.9. The first-order valence-corrected chi connectivity index (χ1v) is 26.4. The molecule has 6 heterocycles. The number of benzene rings is 2. The normalized spacial score (nSPS) is 21.9. The van der Waals surface area contributed by atoms with Crippen molar-refractivity contribution in [2.45, 2.75) is 129 Å². The van der Waals surface area contributed by atoms with Crippen LogP contribution in [-0.2, 0) is 21.8 Å². The Hall–Kier alpha value is -5.12. The molecule has 4 fully saturated rings. The maximum absolute atomic E-state index is 13.2. The number of alkyl halides is 6. The first kappa shape index (κ1) is 58.6. The van der Waals surface area contributed by atoms with E-state index in [9.17, 15) is 35.9 Å². The van der Waals surface area contributed by atoms with Crippen LogP contribution in [0.15, 0.2) is 61.2 Å². The van der Waals surface area contributed by atoms with Gasteiger partial charge in [-0.3, -0.25) is 29.2 Å². The van der Waals surface area contributed by atoms with Gasteiger partial charge in [0.15, 0.2) is 0 Å². The third-order valence-corrected chi connectivity index (χ3v) is 16.7. The highest BCUT2D eigenvalue weighted by atomic mass is 19.4. The van der Waals surface area contributed by atoms with Crippen molar-refractivity contribution in [1.82, 2.24) is 49.3 Å². The smallest absolute Gasteiger partial charge is 0.383 e. The van der Waals surface area contributed by atoms with E-state index in [0.29, 0.717) is 73.3 Å². The molecule has 416 valence electrons. The summed E-state index contributed by atoms with van der Waals surface area (Å²) < 4.78 is 89.3. The molecule has 76 heavy (non-hydrogen) atoms. The number of hydrogen-bond donors (Lipinski definition) is 0. The van der Waals surface area contributed by atoms with Gasteiger partial charge in [-0.15, -0.1) is 0 Å². The van der Waals surface area contributed by atoms with Crippen molar-refractivity contribution in [2.24, 2.45) is 0 Å². The molecular weight excluding hydrogens is 991 g/mol. The molecule has 0 saturated carbocycles. The van der Waals surface area contributed by atoms with Gasteiger partial charge in [-0.1, -0.05) is 24.3 Å². The maximum atomic E-state index is 13.2. The van der Waals surface area contributed by atoms with Crippen LogP contribution in [0.25, 0.3) is 0 Å². The van der Waals surface area contributed by atoms with Gasteiger partial charge in [-0.25, -0.2) is 19.9 Å². The van der Waals surface area contributed by atoms with Crippen molar-refractivity contribution in [1.29, 1.82) is 0 Å². The van der Waals surface area contributed by atoms with Crippen LogP contribution in [0.4, 0.5) is 26.3 Å². The second kappa shape index (κ2) is 24.3. The van der Waals surface area contributed by atoms with Gasteiger partial charge in [0.05, 0.1) is 70.3 Å². The average molecular weight is 1070 g/mol. The SMILES string of the molecule is COC[C@@H](c1ccc(C(F)(F)F)cc1)N1CCN(C2(C)CCN(C(=O)c3c(C)ncnc3C)CC2)C[C@@H]1C.COC[C@@H](c1ccc(C(F)(F)F)cc1)N1CCN(C2(C)CCN(C(=O)c3c(C)ncnc3C)CC2)C[C@@H]1C. The standard InChI is InChI=1S/2C28H38F3N5O2/c2*1-19-16-35(14-15-36(19)24(17-38-5)22-6-8-23(9-7-22)28(29,30)31)27(4)10-12-34(13-11-27)26(37)25-20(2)32-18-33-21(25)3/h2*6-9,18-19,24H,10-17H2,1-5H3/t2*19-,24-/m00/s1. The summed E-state index contributed by atoms with van der Waals surface area (Å²) in [6, 6.07) is 11.0. The summed E-state index contributed by atoms with van der Waals surface area (Å²) in [5.41, 5.74) is 4.35. The van der Waals surface area contributed by atoms with Crippen LogP contribution in [-0.4, -0.2) is 177 Å². The molecule has 4 aromatic rings. The number of methoxy groups -OCH3 is 2. The predicted molar refractivity (Wildman–Crippen MR) is 278 cm³/mol. The molecule has 0 unspecified atom stereocenters. The fraction of sp³-hybridized carbons (Fsp3) is 0.607. The van der Waals surface area contributed by atoms with Crippen molar-refractivity contribution < 1.29 is 45.4 Å². The van der Waals surface area contributed by atoms with E-state index in [1.807, 2.05) is 37.5 Å². The van der Waals surface area contributed by atoms with Crippen molar-refractivity contribution in [3.8, 4) is 0 Å². The van der Waals surface area contributed by atoms with Gasteiger partial charge in [0.1, 0.15) is 12.7 Å². The van der Waals surface area contributed by atoms with E-state index in [2.05, 4.69) is 67.2 Å². The van der Waals surface area contributed by atoms with Gasteiger partial charge >= 0.3 is 12.4 Å².